The lowest BCUT2D eigenvalue weighted by Gasteiger charge is -2.17. The molecule has 0 saturated heterocycles. The second-order valence-corrected chi connectivity index (χ2v) is 17.5. The van der Waals surface area contributed by atoms with Crippen molar-refractivity contribution in [3.63, 3.8) is 0 Å². The van der Waals surface area contributed by atoms with Crippen molar-refractivity contribution in [1.82, 2.24) is 0 Å². The zero-order chi connectivity index (χ0) is 97.6. The molecule has 0 radical (unpaired) electrons. The van der Waals surface area contributed by atoms with E-state index < -0.39 is 467 Å². The summed E-state index contributed by atoms with van der Waals surface area (Å²) in [5.41, 5.74) is -10.6. The normalized spacial score (nSPS) is 20.2. The van der Waals surface area contributed by atoms with Gasteiger partial charge in [0, 0.05) is 32.7 Å². The maximum atomic E-state index is 9.83. The molecule has 17 rings (SSSR count). The predicted molar refractivity (Wildman–Crippen MR) is 348 cm³/mol. The van der Waals surface area contributed by atoms with E-state index in [2.05, 4.69) is 0 Å². The van der Waals surface area contributed by atoms with Gasteiger partial charge in [-0.2, -0.15) is 0 Å². The third-order valence-electron chi connectivity index (χ3n) is 13.1. The standard InChI is InChI=1S/C42H26O.C38H24O/c1-2-12-28(13-3-1)40-33-15-6-8-17-35(33)41(36-18-9-7-16-34(36)40)31-23-24-39-38(26-31)37-20-10-19-32(42(37)43-39)30-22-21-27-11-4-5-14-29(27)25-30;1-3-12-25(13-4-1)28-20-11-21-33-34-24-27(22-23-35(34)39-38(28)33)37-31-18-9-7-16-29(31)36(26-14-5-2-6-15-26)30-17-8-10-19-32(30)37/h1-26H;1-24H/i1D,2D,3D,4D,5D,6D,7D,8D,9D,10D,11D,12D,13D,14D,15D,16D,17D,18D,19D,20D,21D,22D,23D,24D,25D,26D;1D,2D,3D,4D,5D,6D,7D,8D,9D,10D,11D,12D,13D,14D,15D,16D,17D,18D,19D,20D,21D,22D,23D,24D. The molecule has 0 unspecified atom stereocenters. The van der Waals surface area contributed by atoms with Crippen LogP contribution in [0.25, 0.3) is 165 Å². The Labute approximate surface area is 544 Å². The second-order valence-electron chi connectivity index (χ2n) is 17.5. The fourth-order valence-electron chi connectivity index (χ4n) is 9.73. The van der Waals surface area contributed by atoms with Crippen LogP contribution in [0.1, 0.15) is 68.5 Å². The molecule has 0 N–H and O–H groups in total. The number of para-hydroxylation sites is 2. The molecule has 0 bridgehead atoms. The molecule has 82 heavy (non-hydrogen) atoms. The van der Waals surface area contributed by atoms with Crippen LogP contribution >= 0.6 is 0 Å². The number of rotatable bonds is 6. The summed E-state index contributed by atoms with van der Waals surface area (Å²) in [6.07, 6.45) is 0. The molecule has 2 nitrogen and oxygen atoms in total. The molecule has 0 saturated carbocycles. The minimum atomic E-state index is -0.979. The van der Waals surface area contributed by atoms with E-state index in [9.17, 15) is 17.8 Å². The Morgan fingerprint density at radius 3 is 0.927 bits per heavy atom. The minimum Gasteiger partial charge on any atom is -0.455 e. The molecule has 382 valence electrons. The number of hydrogen-bond acceptors (Lipinski definition) is 2. The van der Waals surface area contributed by atoms with Crippen LogP contribution in [0.2, 0.25) is 0 Å². The zero-order valence-electron chi connectivity index (χ0n) is 90.8. The van der Waals surface area contributed by atoms with Gasteiger partial charge in [-0.25, -0.2) is 0 Å². The molecule has 0 amide bonds. The van der Waals surface area contributed by atoms with Gasteiger partial charge in [0.2, 0.25) is 0 Å². The zero-order valence-corrected chi connectivity index (χ0v) is 40.8. The first kappa shape index (κ1) is 18.9. The largest absolute Gasteiger partial charge is 0.455 e. The molecule has 15 aromatic carbocycles. The molecule has 0 aliphatic rings. The van der Waals surface area contributed by atoms with Gasteiger partial charge in [-0.15, -0.1) is 0 Å². The summed E-state index contributed by atoms with van der Waals surface area (Å²) >= 11 is 0. The van der Waals surface area contributed by atoms with Crippen molar-refractivity contribution in [2.75, 3.05) is 0 Å². The Morgan fingerprint density at radius 1 is 0.195 bits per heavy atom. The smallest absolute Gasteiger partial charge is 0.143 e. The van der Waals surface area contributed by atoms with Crippen molar-refractivity contribution in [3.05, 3.63) is 302 Å². The molecule has 0 atom stereocenters. The van der Waals surface area contributed by atoms with Crippen molar-refractivity contribution in [3.8, 4) is 66.8 Å². The van der Waals surface area contributed by atoms with E-state index in [1.54, 1.807) is 0 Å². The lowest BCUT2D eigenvalue weighted by Crippen LogP contribution is -1.90. The van der Waals surface area contributed by atoms with Gasteiger partial charge < -0.3 is 8.83 Å². The van der Waals surface area contributed by atoms with Crippen molar-refractivity contribution in [1.29, 1.82) is 0 Å². The third-order valence-corrected chi connectivity index (χ3v) is 13.1. The Morgan fingerprint density at radius 2 is 0.512 bits per heavy atom. The van der Waals surface area contributed by atoms with Gasteiger partial charge in [0.05, 0.1) is 68.5 Å². The lowest BCUT2D eigenvalue weighted by atomic mass is 9.86. The monoisotopic (exact) mass is 1090 g/mol. The van der Waals surface area contributed by atoms with Crippen LogP contribution in [0.5, 0.6) is 0 Å². The Kier molecular flexibility index (Phi) is 4.50. The molecule has 0 fully saturated rings. The highest BCUT2D eigenvalue weighted by atomic mass is 16.3. The van der Waals surface area contributed by atoms with Crippen molar-refractivity contribution >= 4 is 97.7 Å². The summed E-state index contributed by atoms with van der Waals surface area (Å²) in [5, 5.41) is -8.55. The van der Waals surface area contributed by atoms with Crippen LogP contribution in [0.4, 0.5) is 0 Å². The van der Waals surface area contributed by atoms with E-state index in [1.165, 1.54) is 0 Å². The molecule has 0 aliphatic heterocycles. The highest BCUT2D eigenvalue weighted by Gasteiger charge is 2.21. The molecule has 2 aromatic heterocycles. The van der Waals surface area contributed by atoms with Crippen LogP contribution in [-0.4, -0.2) is 0 Å². The van der Waals surface area contributed by atoms with Gasteiger partial charge in [0.1, 0.15) is 22.3 Å². The fourth-order valence-corrected chi connectivity index (χ4v) is 9.73. The van der Waals surface area contributed by atoms with Gasteiger partial charge in [-0.1, -0.05) is 272 Å². The summed E-state index contributed by atoms with van der Waals surface area (Å²) in [6.45, 7) is 0. The van der Waals surface area contributed by atoms with Gasteiger partial charge >= 0.3 is 0 Å². The van der Waals surface area contributed by atoms with Crippen LogP contribution in [0.3, 0.4) is 0 Å². The van der Waals surface area contributed by atoms with Crippen LogP contribution in [0, 0.1) is 0 Å². The van der Waals surface area contributed by atoms with Gasteiger partial charge in [-0.05, 0) is 140 Å². The molecular weight excluding hydrogens is 993 g/mol. The maximum Gasteiger partial charge on any atom is 0.143 e. The second kappa shape index (κ2) is 19.5. The average molecular weight is 1090 g/mol. The molecule has 0 aliphatic carbocycles. The lowest BCUT2D eigenvalue weighted by molar-refractivity contribution is 0.669. The highest BCUT2D eigenvalue weighted by molar-refractivity contribution is 6.24. The summed E-state index contributed by atoms with van der Waals surface area (Å²) in [7, 11) is 0. The van der Waals surface area contributed by atoms with Gasteiger partial charge in [0.15, 0.2) is 0 Å². The Bertz CT molecular complexity index is 8190. The van der Waals surface area contributed by atoms with E-state index in [0.717, 1.165) is 0 Å². The number of furan rings is 2. The average Bonchev–Trinajstić information content (AvgIpc) is 1.45. The number of fused-ring (bicyclic) bond motifs is 11. The fraction of sp³-hybridized carbons (Fsp3) is 0. The van der Waals surface area contributed by atoms with Gasteiger partial charge in [-0.3, -0.25) is 0 Å². The van der Waals surface area contributed by atoms with E-state index >= 15 is 0 Å². The number of benzene rings is 15. The van der Waals surface area contributed by atoms with Crippen LogP contribution in [-0.2, 0) is 0 Å². The van der Waals surface area contributed by atoms with Crippen molar-refractivity contribution < 1.29 is 77.4 Å². The quantitative estimate of drug-likeness (QED) is 0.155. The minimum absolute atomic E-state index is 0.506. The third kappa shape index (κ3) is 7.80. The van der Waals surface area contributed by atoms with Gasteiger partial charge in [0.25, 0.3) is 0 Å². The first-order valence-corrected chi connectivity index (χ1v) is 24.1. The van der Waals surface area contributed by atoms with E-state index in [0.29, 0.717) is 0 Å². The first-order chi connectivity index (χ1) is 61.5. The highest BCUT2D eigenvalue weighted by Crippen LogP contribution is 2.48. The summed E-state index contributed by atoms with van der Waals surface area (Å²) in [6, 6.07) is -44.3. The maximum absolute atomic E-state index is 9.83. The van der Waals surface area contributed by atoms with E-state index in [-0.39, 0.29) is 0 Å². The molecule has 2 heterocycles. The SMILES string of the molecule is [2H]c1c([2H])c([2H])c(-c2c([2H])c([2H])c([2H])c3c2oc2c([2H])c([2H])c(-c4c5c([2H])c([2H])c([2H])c([2H])c5c(-c5c([2H])c([2H])c([2H])c([2H])c5[2H])c5c([2H])c([2H])c([2H])c([2H])c45)c([2H])c23)c([2H])c1[2H].[2H]c1c([2H])c([2H])c(-c2c3c([2H])c([2H])c([2H])c([2H])c3c(-c3c([2H])c([2H])c4oc5c(-c6c([2H])c([2H])c7c([2H])c([2H])c([2H])c([2H])c7c6[2H])c([2H])c([2H])c([2H])c5c4c3[2H])c3c([2H])c([2H])c([2H])c([2H])c23)c([2H])c1[2H]. The van der Waals surface area contributed by atoms with Crippen molar-refractivity contribution in [2.24, 2.45) is 0 Å². The van der Waals surface area contributed by atoms with E-state index in [4.69, 9.17) is 59.6 Å². The first-order valence-electron chi connectivity index (χ1n) is 49.1. The summed E-state index contributed by atoms with van der Waals surface area (Å²) in [5.74, 6) is 0. The van der Waals surface area contributed by atoms with Crippen LogP contribution in [0.15, 0.2) is 311 Å². The topological polar surface area (TPSA) is 26.3 Å². The summed E-state index contributed by atoms with van der Waals surface area (Å²) in [4.78, 5) is 0. The molecular formula is C80H50O2. The predicted octanol–water partition coefficient (Wildman–Crippen LogP) is 22.9. The van der Waals surface area contributed by atoms with Crippen molar-refractivity contribution in [2.45, 2.75) is 0 Å². The molecule has 17 aromatic rings. The number of hydrogen-bond donors (Lipinski definition) is 0. The molecule has 0 spiro atoms. The van der Waals surface area contributed by atoms with E-state index in [1.807, 2.05) is 0 Å². The summed E-state index contributed by atoms with van der Waals surface area (Å²) < 4.78 is 454. The molecule has 2 heteroatoms. The Hall–Kier alpha value is -10.8. The Balaban J connectivity index is 0.000000193. The van der Waals surface area contributed by atoms with Crippen LogP contribution < -0.4 is 0 Å².